The van der Waals surface area contributed by atoms with Gasteiger partial charge in [-0.25, -0.2) is 8.78 Å². The van der Waals surface area contributed by atoms with Crippen molar-refractivity contribution in [3.05, 3.63) is 53.1 Å². The normalized spacial score (nSPS) is 13.1. The zero-order valence-corrected chi connectivity index (χ0v) is 14.4. The smallest absolute Gasteiger partial charge is 0.207 e. The minimum atomic E-state index is -6.50. The number of halogens is 9. The molecule has 0 heterocycles. The van der Waals surface area contributed by atoms with E-state index in [2.05, 4.69) is 6.07 Å². The quantitative estimate of drug-likeness (QED) is 0.384. The second-order valence-electron chi connectivity index (χ2n) is 5.63. The van der Waals surface area contributed by atoms with Crippen LogP contribution in [0, 0.1) is 31.5 Å². The van der Waals surface area contributed by atoms with Gasteiger partial charge < -0.3 is 0 Å². The zero-order valence-electron chi connectivity index (χ0n) is 13.6. The Hall–Kier alpha value is -1.84. The third-order valence-electron chi connectivity index (χ3n) is 3.51. The molecule has 0 unspecified atom stereocenters. The molecule has 0 amide bonds. The second-order valence-corrected chi connectivity index (χ2v) is 6.79. The number of benzene rings is 2. The molecule has 0 bridgehead atoms. The lowest BCUT2D eigenvalue weighted by Crippen LogP contribution is -2.49. The molecule has 0 saturated carbocycles. The maximum Gasteiger partial charge on any atom is 0.460 e. The van der Waals surface area contributed by atoms with E-state index in [1.165, 1.54) is 13.8 Å². The van der Waals surface area contributed by atoms with Gasteiger partial charge in [0.2, 0.25) is 0 Å². The van der Waals surface area contributed by atoms with E-state index in [4.69, 9.17) is 0 Å². The summed E-state index contributed by atoms with van der Waals surface area (Å²) in [6.07, 6.45) is -6.50. The van der Waals surface area contributed by atoms with Crippen LogP contribution in [0.2, 0.25) is 0 Å². The summed E-state index contributed by atoms with van der Waals surface area (Å²) < 4.78 is 119. The Morgan fingerprint density at radius 2 is 1.48 bits per heavy atom. The second kappa shape index (κ2) is 6.96. The highest BCUT2D eigenvalue weighted by Gasteiger charge is 2.73. The minimum absolute atomic E-state index is 0.0203. The van der Waals surface area contributed by atoms with Gasteiger partial charge in [0.25, 0.3) is 0 Å². The maximum atomic E-state index is 14.1. The van der Waals surface area contributed by atoms with E-state index in [1.807, 2.05) is 0 Å². The summed E-state index contributed by atoms with van der Waals surface area (Å²) >= 11 is -1.07. The van der Waals surface area contributed by atoms with Crippen LogP contribution >= 0.6 is 11.8 Å². The molecule has 0 N–H and O–H groups in total. The first kappa shape index (κ1) is 21.5. The molecule has 0 fully saturated rings. The standard InChI is InChI=1S/C17H10F9S/c1-8-5-9(2)14(11-7-10(18)3-4-12(11)19)13(6-8)27-17(25,26)15(20,21)16(22,23)24/h3-4,6-7H,1-2H3. The Labute approximate surface area is 152 Å². The fourth-order valence-electron chi connectivity index (χ4n) is 2.32. The van der Waals surface area contributed by atoms with Gasteiger partial charge in [0, 0.05) is 16.0 Å². The molecule has 1 radical (unpaired) electrons. The van der Waals surface area contributed by atoms with E-state index in [0.717, 1.165) is 12.1 Å². The van der Waals surface area contributed by atoms with Crippen molar-refractivity contribution in [1.29, 1.82) is 0 Å². The van der Waals surface area contributed by atoms with E-state index in [-0.39, 0.29) is 11.1 Å². The van der Waals surface area contributed by atoms with Crippen molar-refractivity contribution in [2.75, 3.05) is 0 Å². The number of thioether (sulfide) groups is 1. The van der Waals surface area contributed by atoms with Crippen LogP contribution in [0.5, 0.6) is 0 Å². The SMILES string of the molecule is Cc1[c]c(C)c(-c2cc(F)ccc2F)c(SC(F)(F)C(F)(F)C(F)(F)F)c1. The average Bonchev–Trinajstić information content (AvgIpc) is 2.48. The number of hydrogen-bond donors (Lipinski definition) is 0. The summed E-state index contributed by atoms with van der Waals surface area (Å²) in [4.78, 5) is -0.762. The number of hydrogen-bond acceptors (Lipinski definition) is 1. The summed E-state index contributed by atoms with van der Waals surface area (Å²) in [5.74, 6) is -8.36. The third kappa shape index (κ3) is 4.04. The van der Waals surface area contributed by atoms with Gasteiger partial charge in [-0.2, -0.15) is 30.7 Å². The van der Waals surface area contributed by atoms with Crippen molar-refractivity contribution in [1.82, 2.24) is 0 Å². The van der Waals surface area contributed by atoms with Gasteiger partial charge in [-0.05, 0) is 67.1 Å². The van der Waals surface area contributed by atoms with E-state index in [0.29, 0.717) is 12.1 Å². The van der Waals surface area contributed by atoms with Crippen molar-refractivity contribution in [2.24, 2.45) is 0 Å². The molecular formula is C17H10F9S. The monoisotopic (exact) mass is 417 g/mol. The maximum absolute atomic E-state index is 14.1. The highest BCUT2D eigenvalue weighted by atomic mass is 32.2. The van der Waals surface area contributed by atoms with Gasteiger partial charge >= 0.3 is 17.4 Å². The molecular weight excluding hydrogens is 407 g/mol. The lowest BCUT2D eigenvalue weighted by atomic mass is 9.98. The molecule has 0 aliphatic rings. The van der Waals surface area contributed by atoms with Crippen molar-refractivity contribution in [3.63, 3.8) is 0 Å². The molecule has 10 heteroatoms. The van der Waals surface area contributed by atoms with Gasteiger partial charge in [-0.3, -0.25) is 0 Å². The molecule has 0 aliphatic carbocycles. The van der Waals surface area contributed by atoms with Gasteiger partial charge in [0.05, 0.1) is 0 Å². The van der Waals surface area contributed by atoms with E-state index >= 15 is 0 Å². The van der Waals surface area contributed by atoms with Crippen molar-refractivity contribution < 1.29 is 39.5 Å². The van der Waals surface area contributed by atoms with Crippen LogP contribution < -0.4 is 0 Å². The Bertz CT molecular complexity index is 856. The van der Waals surface area contributed by atoms with Crippen LogP contribution in [-0.4, -0.2) is 17.4 Å². The first-order chi connectivity index (χ1) is 12.2. The fourth-order valence-corrected chi connectivity index (χ4v) is 3.44. The topological polar surface area (TPSA) is 0 Å². The number of rotatable bonds is 4. The molecule has 147 valence electrons. The first-order valence-corrected chi connectivity index (χ1v) is 7.99. The zero-order chi connectivity index (χ0) is 20.8. The Morgan fingerprint density at radius 1 is 0.889 bits per heavy atom. The predicted molar refractivity (Wildman–Crippen MR) is 81.9 cm³/mol. The van der Waals surface area contributed by atoms with Gasteiger partial charge in [-0.1, -0.05) is 0 Å². The molecule has 2 aromatic carbocycles. The van der Waals surface area contributed by atoms with E-state index in [9.17, 15) is 39.5 Å². The highest BCUT2D eigenvalue weighted by molar-refractivity contribution is 8.00. The summed E-state index contributed by atoms with van der Waals surface area (Å²) in [7, 11) is 0. The molecule has 0 atom stereocenters. The lowest BCUT2D eigenvalue weighted by molar-refractivity contribution is -0.330. The molecule has 27 heavy (non-hydrogen) atoms. The predicted octanol–water partition coefficient (Wildman–Crippen LogP) is 6.93. The lowest BCUT2D eigenvalue weighted by Gasteiger charge is -2.28. The van der Waals surface area contributed by atoms with Gasteiger partial charge in [0.1, 0.15) is 11.6 Å². The summed E-state index contributed by atoms with van der Waals surface area (Å²) in [5, 5.41) is -5.59. The Kier molecular flexibility index (Phi) is 5.53. The van der Waals surface area contributed by atoms with Gasteiger partial charge in [-0.15, -0.1) is 0 Å². The van der Waals surface area contributed by atoms with Crippen LogP contribution in [0.25, 0.3) is 11.1 Å². The molecule has 2 aromatic rings. The van der Waals surface area contributed by atoms with Crippen LogP contribution in [0.1, 0.15) is 11.1 Å². The van der Waals surface area contributed by atoms with Crippen molar-refractivity contribution >= 4 is 11.8 Å². The summed E-state index contributed by atoms with van der Waals surface area (Å²) in [6.45, 7) is 2.60. The summed E-state index contributed by atoms with van der Waals surface area (Å²) in [5.41, 5.74) is -0.882. The van der Waals surface area contributed by atoms with Crippen LogP contribution in [0.3, 0.4) is 0 Å². The fraction of sp³-hybridized carbons (Fsp3) is 0.294. The first-order valence-electron chi connectivity index (χ1n) is 7.17. The van der Waals surface area contributed by atoms with Crippen molar-refractivity contribution in [3.8, 4) is 11.1 Å². The average molecular weight is 417 g/mol. The van der Waals surface area contributed by atoms with Crippen LogP contribution in [0.4, 0.5) is 39.5 Å². The highest BCUT2D eigenvalue weighted by Crippen LogP contribution is 2.55. The summed E-state index contributed by atoms with van der Waals surface area (Å²) in [6, 6.07) is 5.53. The number of aryl methyl sites for hydroxylation is 2. The van der Waals surface area contributed by atoms with E-state index in [1.54, 1.807) is 0 Å². The third-order valence-corrected chi connectivity index (χ3v) is 4.57. The van der Waals surface area contributed by atoms with Crippen LogP contribution in [-0.2, 0) is 0 Å². The minimum Gasteiger partial charge on any atom is -0.207 e. The number of alkyl halides is 7. The molecule has 2 rings (SSSR count). The largest absolute Gasteiger partial charge is 0.460 e. The van der Waals surface area contributed by atoms with Crippen LogP contribution in [0.15, 0.2) is 29.2 Å². The molecule has 0 nitrogen and oxygen atoms in total. The molecule has 0 aliphatic heterocycles. The molecule has 0 spiro atoms. The Morgan fingerprint density at radius 3 is 2.04 bits per heavy atom. The molecule has 0 saturated heterocycles. The van der Waals surface area contributed by atoms with Gasteiger partial charge in [0.15, 0.2) is 0 Å². The van der Waals surface area contributed by atoms with Crippen molar-refractivity contribution in [2.45, 2.75) is 36.1 Å². The molecule has 0 aromatic heterocycles. The Balaban J connectivity index is 2.66. The van der Waals surface area contributed by atoms with E-state index < -0.39 is 56.8 Å².